The van der Waals surface area contributed by atoms with Crippen LogP contribution in [0.4, 0.5) is 0 Å². The van der Waals surface area contributed by atoms with Crippen LogP contribution in [0, 0.1) is 0 Å². The lowest BCUT2D eigenvalue weighted by Crippen LogP contribution is -1.99. The van der Waals surface area contributed by atoms with E-state index in [1.807, 2.05) is 43.3 Å². The van der Waals surface area contributed by atoms with Crippen molar-refractivity contribution in [3.8, 4) is 17.2 Å². The summed E-state index contributed by atoms with van der Waals surface area (Å²) in [7, 11) is 3.35. The first-order chi connectivity index (χ1) is 9.78. The van der Waals surface area contributed by atoms with Gasteiger partial charge in [0.05, 0.1) is 20.8 Å². The summed E-state index contributed by atoms with van der Waals surface area (Å²) in [5.41, 5.74) is 2.22. The average Bonchev–Trinajstić information content (AvgIpc) is 2.49. The van der Waals surface area contributed by atoms with Gasteiger partial charge in [0.2, 0.25) is 0 Å². The van der Waals surface area contributed by atoms with Gasteiger partial charge in [-0.25, -0.2) is 0 Å². The Kier molecular flexibility index (Phi) is 4.88. The molecular weight excluding hydrogens is 252 g/mol. The molecule has 0 saturated heterocycles. The third-order valence-electron chi connectivity index (χ3n) is 3.14. The molecule has 0 heterocycles. The fourth-order valence-corrected chi connectivity index (χ4v) is 2.17. The van der Waals surface area contributed by atoms with Crippen molar-refractivity contribution in [1.82, 2.24) is 0 Å². The van der Waals surface area contributed by atoms with Gasteiger partial charge >= 0.3 is 0 Å². The Bertz CT molecular complexity index is 564. The Morgan fingerprint density at radius 2 is 1.65 bits per heavy atom. The largest absolute Gasteiger partial charge is 0.497 e. The second-order valence-electron chi connectivity index (χ2n) is 4.40. The van der Waals surface area contributed by atoms with Crippen LogP contribution in [0.1, 0.15) is 18.1 Å². The lowest BCUT2D eigenvalue weighted by atomic mass is 10.0. The topological polar surface area (TPSA) is 27.7 Å². The SMILES string of the molecule is CCOc1ccccc1Cc1cc(OC)ccc1OC. The van der Waals surface area contributed by atoms with Gasteiger partial charge in [-0.15, -0.1) is 0 Å². The summed E-state index contributed by atoms with van der Waals surface area (Å²) in [5, 5.41) is 0. The zero-order chi connectivity index (χ0) is 14.4. The fourth-order valence-electron chi connectivity index (χ4n) is 2.17. The number of hydrogen-bond acceptors (Lipinski definition) is 3. The van der Waals surface area contributed by atoms with E-state index in [1.54, 1.807) is 14.2 Å². The quantitative estimate of drug-likeness (QED) is 0.802. The van der Waals surface area contributed by atoms with Crippen LogP contribution in [0.15, 0.2) is 42.5 Å². The van der Waals surface area contributed by atoms with Gasteiger partial charge in [-0.1, -0.05) is 18.2 Å². The maximum absolute atomic E-state index is 5.67. The smallest absolute Gasteiger partial charge is 0.122 e. The number of para-hydroxylation sites is 1. The van der Waals surface area contributed by atoms with Crippen molar-refractivity contribution in [2.75, 3.05) is 20.8 Å². The Labute approximate surface area is 120 Å². The van der Waals surface area contributed by atoms with Crippen molar-refractivity contribution in [3.63, 3.8) is 0 Å². The zero-order valence-electron chi connectivity index (χ0n) is 12.2. The summed E-state index contributed by atoms with van der Waals surface area (Å²) in [6.45, 7) is 2.65. The number of benzene rings is 2. The molecule has 0 bridgehead atoms. The van der Waals surface area contributed by atoms with E-state index in [9.17, 15) is 0 Å². The Morgan fingerprint density at radius 1 is 0.850 bits per heavy atom. The van der Waals surface area contributed by atoms with Crippen molar-refractivity contribution in [2.45, 2.75) is 13.3 Å². The van der Waals surface area contributed by atoms with Crippen molar-refractivity contribution < 1.29 is 14.2 Å². The van der Waals surface area contributed by atoms with Crippen LogP contribution in [0.3, 0.4) is 0 Å². The molecule has 0 aliphatic heterocycles. The Morgan fingerprint density at radius 3 is 2.35 bits per heavy atom. The molecule has 3 heteroatoms. The van der Waals surface area contributed by atoms with Crippen LogP contribution in [-0.2, 0) is 6.42 Å². The zero-order valence-corrected chi connectivity index (χ0v) is 12.2. The predicted molar refractivity (Wildman–Crippen MR) is 80.0 cm³/mol. The van der Waals surface area contributed by atoms with Gasteiger partial charge in [0.25, 0.3) is 0 Å². The summed E-state index contributed by atoms with van der Waals surface area (Å²) in [5.74, 6) is 2.60. The van der Waals surface area contributed by atoms with E-state index in [-0.39, 0.29) is 0 Å². The van der Waals surface area contributed by atoms with Gasteiger partial charge in [0, 0.05) is 12.0 Å². The van der Waals surface area contributed by atoms with Gasteiger partial charge in [-0.05, 0) is 36.8 Å². The summed E-state index contributed by atoms with van der Waals surface area (Å²) < 4.78 is 16.4. The molecule has 2 aromatic rings. The van der Waals surface area contributed by atoms with Crippen molar-refractivity contribution in [3.05, 3.63) is 53.6 Å². The first-order valence-electron chi connectivity index (χ1n) is 6.70. The molecule has 0 aromatic heterocycles. The molecule has 0 saturated carbocycles. The summed E-state index contributed by atoms with van der Waals surface area (Å²) in [6.07, 6.45) is 0.747. The van der Waals surface area contributed by atoms with Crippen LogP contribution in [0.2, 0.25) is 0 Å². The van der Waals surface area contributed by atoms with Gasteiger partial charge < -0.3 is 14.2 Å². The van der Waals surface area contributed by atoms with E-state index >= 15 is 0 Å². The standard InChI is InChI=1S/C17H20O3/c1-4-20-17-8-6-5-7-13(17)11-14-12-15(18-2)9-10-16(14)19-3/h5-10,12H,4,11H2,1-3H3. The minimum Gasteiger partial charge on any atom is -0.497 e. The van der Waals surface area contributed by atoms with E-state index in [0.717, 1.165) is 34.8 Å². The maximum Gasteiger partial charge on any atom is 0.122 e. The van der Waals surface area contributed by atoms with Crippen LogP contribution >= 0.6 is 0 Å². The molecule has 0 fully saturated rings. The minimum atomic E-state index is 0.659. The van der Waals surface area contributed by atoms with Crippen molar-refractivity contribution >= 4 is 0 Å². The van der Waals surface area contributed by atoms with E-state index < -0.39 is 0 Å². The van der Waals surface area contributed by atoms with E-state index in [4.69, 9.17) is 14.2 Å². The van der Waals surface area contributed by atoms with Gasteiger partial charge in [-0.3, -0.25) is 0 Å². The minimum absolute atomic E-state index is 0.659. The molecule has 0 aliphatic rings. The van der Waals surface area contributed by atoms with Crippen LogP contribution in [0.5, 0.6) is 17.2 Å². The number of ether oxygens (including phenoxy) is 3. The highest BCUT2D eigenvalue weighted by Crippen LogP contribution is 2.29. The lowest BCUT2D eigenvalue weighted by molar-refractivity contribution is 0.337. The third-order valence-corrected chi connectivity index (χ3v) is 3.14. The summed E-state index contributed by atoms with van der Waals surface area (Å²) >= 11 is 0. The lowest BCUT2D eigenvalue weighted by Gasteiger charge is -2.13. The van der Waals surface area contributed by atoms with E-state index in [0.29, 0.717) is 6.61 Å². The molecule has 0 spiro atoms. The Balaban J connectivity index is 2.33. The van der Waals surface area contributed by atoms with Gasteiger partial charge in [-0.2, -0.15) is 0 Å². The molecule has 106 valence electrons. The van der Waals surface area contributed by atoms with Gasteiger partial charge in [0.1, 0.15) is 17.2 Å². The molecule has 0 radical (unpaired) electrons. The molecule has 20 heavy (non-hydrogen) atoms. The summed E-state index contributed by atoms with van der Waals surface area (Å²) in [6, 6.07) is 13.9. The second kappa shape index (κ2) is 6.85. The number of rotatable bonds is 6. The predicted octanol–water partition coefficient (Wildman–Crippen LogP) is 3.69. The fraction of sp³-hybridized carbons (Fsp3) is 0.294. The van der Waals surface area contributed by atoms with E-state index in [2.05, 4.69) is 6.07 Å². The maximum atomic E-state index is 5.67. The monoisotopic (exact) mass is 272 g/mol. The van der Waals surface area contributed by atoms with Crippen molar-refractivity contribution in [1.29, 1.82) is 0 Å². The third kappa shape index (κ3) is 3.23. The molecule has 0 amide bonds. The molecule has 0 aliphatic carbocycles. The molecule has 0 atom stereocenters. The van der Waals surface area contributed by atoms with Crippen LogP contribution in [-0.4, -0.2) is 20.8 Å². The van der Waals surface area contributed by atoms with Crippen LogP contribution in [0.25, 0.3) is 0 Å². The first kappa shape index (κ1) is 14.3. The first-order valence-corrected chi connectivity index (χ1v) is 6.70. The number of hydrogen-bond donors (Lipinski definition) is 0. The Hall–Kier alpha value is -2.16. The molecule has 2 aromatic carbocycles. The highest BCUT2D eigenvalue weighted by molar-refractivity contribution is 5.45. The molecular formula is C17H20O3. The van der Waals surface area contributed by atoms with Gasteiger partial charge in [0.15, 0.2) is 0 Å². The average molecular weight is 272 g/mol. The second-order valence-corrected chi connectivity index (χ2v) is 4.40. The normalized spacial score (nSPS) is 10.2. The van der Waals surface area contributed by atoms with Crippen LogP contribution < -0.4 is 14.2 Å². The molecule has 3 nitrogen and oxygen atoms in total. The molecule has 2 rings (SSSR count). The molecule has 0 unspecified atom stereocenters. The summed E-state index contributed by atoms with van der Waals surface area (Å²) in [4.78, 5) is 0. The van der Waals surface area contributed by atoms with E-state index in [1.165, 1.54) is 0 Å². The number of methoxy groups -OCH3 is 2. The van der Waals surface area contributed by atoms with Crippen molar-refractivity contribution in [2.24, 2.45) is 0 Å². The molecule has 0 N–H and O–H groups in total. The highest BCUT2D eigenvalue weighted by atomic mass is 16.5. The highest BCUT2D eigenvalue weighted by Gasteiger charge is 2.09.